The van der Waals surface area contributed by atoms with Crippen molar-refractivity contribution in [2.75, 3.05) is 0 Å². The van der Waals surface area contributed by atoms with Gasteiger partial charge in [-0.2, -0.15) is 5.10 Å². The van der Waals surface area contributed by atoms with E-state index in [-0.39, 0.29) is 58.1 Å². The number of aromatic nitrogens is 2. The summed E-state index contributed by atoms with van der Waals surface area (Å²) >= 11 is 0. The zero-order chi connectivity index (χ0) is 10.1. The molecule has 1 rings (SSSR count). The van der Waals surface area contributed by atoms with Gasteiger partial charge >= 0.3 is 51.4 Å². The van der Waals surface area contributed by atoms with Gasteiger partial charge in [0.1, 0.15) is 0 Å². The van der Waals surface area contributed by atoms with Gasteiger partial charge in [0.25, 0.3) is 0 Å². The Bertz CT molecular complexity index is 400. The Kier molecular flexibility index (Phi) is 6.00. The van der Waals surface area contributed by atoms with Crippen LogP contribution in [0.1, 0.15) is 11.4 Å². The van der Waals surface area contributed by atoms with E-state index >= 15 is 0 Å². The standard InChI is InChI=1S/C6H10N2O4S.K/c1-5-3-6(2)8(7-5)4-12-13(9,10)11;/h3H,4H2,1-2H3,(H,9,10,11);/q;+1/p-1. The van der Waals surface area contributed by atoms with E-state index in [9.17, 15) is 13.0 Å². The quantitative estimate of drug-likeness (QED) is 0.320. The molecule has 0 saturated heterocycles. The van der Waals surface area contributed by atoms with Crippen molar-refractivity contribution < 1.29 is 68.5 Å². The van der Waals surface area contributed by atoms with Gasteiger partial charge in [-0.25, -0.2) is 13.1 Å². The second-order valence-electron chi connectivity index (χ2n) is 2.58. The van der Waals surface area contributed by atoms with Crippen molar-refractivity contribution in [1.82, 2.24) is 9.78 Å². The summed E-state index contributed by atoms with van der Waals surface area (Å²) in [6, 6.07) is 1.75. The van der Waals surface area contributed by atoms with Crippen molar-refractivity contribution in [3.63, 3.8) is 0 Å². The fourth-order valence-corrected chi connectivity index (χ4v) is 1.15. The molecule has 0 aliphatic heterocycles. The van der Waals surface area contributed by atoms with Gasteiger partial charge in [-0.1, -0.05) is 0 Å². The molecular weight excluding hydrogens is 235 g/mol. The molecule has 74 valence electrons. The van der Waals surface area contributed by atoms with Crippen molar-refractivity contribution in [3.8, 4) is 0 Å². The van der Waals surface area contributed by atoms with Crippen LogP contribution in [0.4, 0.5) is 0 Å². The number of hydrogen-bond donors (Lipinski definition) is 0. The second kappa shape index (κ2) is 5.71. The first-order valence-electron chi connectivity index (χ1n) is 3.50. The van der Waals surface area contributed by atoms with Gasteiger partial charge in [-0.3, -0.25) is 4.18 Å². The topological polar surface area (TPSA) is 84.2 Å². The maximum atomic E-state index is 10.1. The molecule has 0 fully saturated rings. The van der Waals surface area contributed by atoms with Crippen LogP contribution in [0.3, 0.4) is 0 Å². The Hall–Kier alpha value is 0.716. The predicted octanol–water partition coefficient (Wildman–Crippen LogP) is -3.06. The average molecular weight is 244 g/mol. The first kappa shape index (κ1) is 14.7. The van der Waals surface area contributed by atoms with E-state index in [0.717, 1.165) is 11.4 Å². The van der Waals surface area contributed by atoms with Crippen LogP contribution in [-0.4, -0.2) is 22.8 Å². The predicted molar refractivity (Wildman–Crippen MR) is 42.5 cm³/mol. The van der Waals surface area contributed by atoms with Gasteiger partial charge in [0.15, 0.2) is 6.73 Å². The maximum Gasteiger partial charge on any atom is 1.00 e. The van der Waals surface area contributed by atoms with Crippen molar-refractivity contribution in [2.24, 2.45) is 0 Å². The first-order chi connectivity index (χ1) is 5.88. The third-order valence-corrected chi connectivity index (χ3v) is 1.82. The molecule has 0 unspecified atom stereocenters. The molecule has 0 spiro atoms. The molecule has 0 aliphatic rings. The Morgan fingerprint density at radius 1 is 1.57 bits per heavy atom. The van der Waals surface area contributed by atoms with E-state index in [1.165, 1.54) is 4.68 Å². The summed E-state index contributed by atoms with van der Waals surface area (Å²) in [5.41, 5.74) is 1.48. The van der Waals surface area contributed by atoms with E-state index in [4.69, 9.17) is 0 Å². The fourth-order valence-electron chi connectivity index (χ4n) is 0.920. The third-order valence-electron chi connectivity index (χ3n) is 1.42. The van der Waals surface area contributed by atoms with Crippen LogP contribution in [-0.2, 0) is 21.3 Å². The molecule has 1 aromatic rings. The van der Waals surface area contributed by atoms with Gasteiger partial charge in [0.2, 0.25) is 10.4 Å². The molecule has 14 heavy (non-hydrogen) atoms. The molecule has 0 aromatic carbocycles. The van der Waals surface area contributed by atoms with Crippen LogP contribution in [0.25, 0.3) is 0 Å². The van der Waals surface area contributed by atoms with E-state index in [1.54, 1.807) is 19.9 Å². The van der Waals surface area contributed by atoms with Crippen LogP contribution in [0, 0.1) is 13.8 Å². The Morgan fingerprint density at radius 2 is 2.14 bits per heavy atom. The first-order valence-corrected chi connectivity index (χ1v) is 4.83. The number of aryl methyl sites for hydroxylation is 2. The number of nitrogens with zero attached hydrogens (tertiary/aromatic N) is 2. The summed E-state index contributed by atoms with van der Waals surface area (Å²) in [7, 11) is -4.64. The van der Waals surface area contributed by atoms with Crippen molar-refractivity contribution in [2.45, 2.75) is 20.6 Å². The van der Waals surface area contributed by atoms with Gasteiger partial charge in [-0.15, -0.1) is 0 Å². The maximum absolute atomic E-state index is 10.1. The fraction of sp³-hybridized carbons (Fsp3) is 0.500. The smallest absolute Gasteiger partial charge is 0.725 e. The molecule has 0 saturated carbocycles. The van der Waals surface area contributed by atoms with Gasteiger partial charge in [0.05, 0.1) is 5.69 Å². The minimum atomic E-state index is -4.64. The normalized spacial score (nSPS) is 11.1. The van der Waals surface area contributed by atoms with Gasteiger partial charge in [-0.05, 0) is 19.9 Å². The number of rotatable bonds is 3. The Balaban J connectivity index is 0.00000169. The Morgan fingerprint density at radius 3 is 2.50 bits per heavy atom. The second-order valence-corrected chi connectivity index (χ2v) is 3.63. The van der Waals surface area contributed by atoms with Crippen molar-refractivity contribution in [1.29, 1.82) is 0 Å². The molecule has 1 heterocycles. The summed E-state index contributed by atoms with van der Waals surface area (Å²) in [4.78, 5) is 0. The van der Waals surface area contributed by atoms with Crippen LogP contribution in [0.5, 0.6) is 0 Å². The van der Waals surface area contributed by atoms with Crippen LogP contribution in [0.15, 0.2) is 6.07 Å². The monoisotopic (exact) mass is 244 g/mol. The molecule has 0 radical (unpaired) electrons. The molecule has 0 bridgehead atoms. The molecule has 6 nitrogen and oxygen atoms in total. The zero-order valence-electron chi connectivity index (χ0n) is 8.22. The number of hydrogen-bond acceptors (Lipinski definition) is 5. The molecule has 1 aromatic heterocycles. The summed E-state index contributed by atoms with van der Waals surface area (Å²) in [5, 5.41) is 3.90. The van der Waals surface area contributed by atoms with Crippen LogP contribution >= 0.6 is 0 Å². The van der Waals surface area contributed by atoms with E-state index in [2.05, 4.69) is 9.28 Å². The molecule has 8 heteroatoms. The Labute approximate surface area is 125 Å². The summed E-state index contributed by atoms with van der Waals surface area (Å²) in [5.74, 6) is 0. The van der Waals surface area contributed by atoms with Crippen molar-refractivity contribution in [3.05, 3.63) is 17.5 Å². The van der Waals surface area contributed by atoms with E-state index < -0.39 is 10.4 Å². The average Bonchev–Trinajstić information content (AvgIpc) is 2.24. The van der Waals surface area contributed by atoms with E-state index in [0.29, 0.717) is 0 Å². The third kappa shape index (κ3) is 4.98. The van der Waals surface area contributed by atoms with Gasteiger partial charge < -0.3 is 4.55 Å². The summed E-state index contributed by atoms with van der Waals surface area (Å²) in [6.45, 7) is 3.13. The molecule has 0 amide bonds. The zero-order valence-corrected chi connectivity index (χ0v) is 12.2. The van der Waals surface area contributed by atoms with Crippen LogP contribution in [0.2, 0.25) is 0 Å². The van der Waals surface area contributed by atoms with Crippen LogP contribution < -0.4 is 51.4 Å². The van der Waals surface area contributed by atoms with E-state index in [1.807, 2.05) is 0 Å². The molecule has 0 aliphatic carbocycles. The minimum absolute atomic E-state index is 0. The minimum Gasteiger partial charge on any atom is -0.725 e. The molecular formula is C6H9KN2O4S. The molecule has 0 N–H and O–H groups in total. The van der Waals surface area contributed by atoms with Crippen molar-refractivity contribution >= 4 is 10.4 Å². The largest absolute Gasteiger partial charge is 1.00 e. The summed E-state index contributed by atoms with van der Waals surface area (Å²) in [6.07, 6.45) is 0. The SMILES string of the molecule is Cc1cc(C)n(COS(=O)(=O)[O-])n1.[K+]. The molecule has 0 atom stereocenters. The summed E-state index contributed by atoms with van der Waals surface area (Å²) < 4.78 is 35.6. The van der Waals surface area contributed by atoms with Gasteiger partial charge in [0, 0.05) is 5.69 Å².